The zero-order valence-electron chi connectivity index (χ0n) is 18.8. The number of aliphatic imine (C=N–C) groups is 1. The lowest BCUT2D eigenvalue weighted by Crippen LogP contribution is -2.44. The lowest BCUT2D eigenvalue weighted by atomic mass is 10.0. The fraction of sp³-hybridized carbons (Fsp3) is 0.478. The highest BCUT2D eigenvalue weighted by Gasteiger charge is 2.22. The number of rotatable bonds is 8. The summed E-state index contributed by atoms with van der Waals surface area (Å²) in [6.45, 7) is 6.54. The van der Waals surface area contributed by atoms with Crippen molar-refractivity contribution in [3.05, 3.63) is 53.3 Å². The molecule has 1 fully saturated rings. The number of benzene rings is 1. The van der Waals surface area contributed by atoms with Crippen molar-refractivity contribution in [3.63, 3.8) is 0 Å². The summed E-state index contributed by atoms with van der Waals surface area (Å²) in [6, 6.07) is 8.77. The minimum Gasteiger partial charge on any atom is -0.497 e. The Morgan fingerprint density at radius 3 is 2.66 bits per heavy atom. The van der Waals surface area contributed by atoms with E-state index in [-0.39, 0.29) is 24.0 Å². The Hall–Kier alpha value is -1.85. The average Bonchev–Trinajstić information content (AvgIpc) is 3.41. The quantitative estimate of drug-likeness (QED) is 0.241. The Balaban J connectivity index is 0.00000289. The highest BCUT2D eigenvalue weighted by atomic mass is 127. The van der Waals surface area contributed by atoms with Gasteiger partial charge >= 0.3 is 0 Å². The summed E-state index contributed by atoms with van der Waals surface area (Å²) in [4.78, 5) is 13.0. The van der Waals surface area contributed by atoms with Crippen LogP contribution in [0.3, 0.4) is 0 Å². The molecular formula is C23H33IN6OS. The molecular weight excluding hydrogens is 535 g/mol. The number of hydrogen-bond donors (Lipinski definition) is 2. The third-order valence-electron chi connectivity index (χ3n) is 5.68. The third-order valence-corrected chi connectivity index (χ3v) is 6.45. The van der Waals surface area contributed by atoms with E-state index in [9.17, 15) is 0 Å². The Bertz CT molecular complexity index is 951. The summed E-state index contributed by atoms with van der Waals surface area (Å²) in [7, 11) is 1.71. The summed E-state index contributed by atoms with van der Waals surface area (Å²) in [5, 5.41) is 9.00. The van der Waals surface area contributed by atoms with Crippen molar-refractivity contribution in [2.75, 3.05) is 33.3 Å². The van der Waals surface area contributed by atoms with Gasteiger partial charge in [0.2, 0.25) is 0 Å². The number of imidazole rings is 1. The molecule has 1 saturated heterocycles. The summed E-state index contributed by atoms with van der Waals surface area (Å²) in [5.74, 6) is 1.72. The van der Waals surface area contributed by atoms with Crippen molar-refractivity contribution in [1.82, 2.24) is 24.9 Å². The molecule has 1 aromatic carbocycles. The Morgan fingerprint density at radius 1 is 1.19 bits per heavy atom. The van der Waals surface area contributed by atoms with Gasteiger partial charge in [-0.25, -0.2) is 9.98 Å². The number of nitrogens with one attached hydrogen (secondary N) is 2. The minimum atomic E-state index is 0. The van der Waals surface area contributed by atoms with E-state index in [1.54, 1.807) is 18.4 Å². The van der Waals surface area contributed by atoms with E-state index in [1.807, 2.05) is 22.2 Å². The molecule has 9 heteroatoms. The van der Waals surface area contributed by atoms with Gasteiger partial charge in [0.05, 0.1) is 25.4 Å². The van der Waals surface area contributed by atoms with Crippen molar-refractivity contribution in [3.8, 4) is 5.75 Å². The van der Waals surface area contributed by atoms with Gasteiger partial charge in [-0.05, 0) is 50.6 Å². The SMILES string of the molecule is CCNC(=NCc1cn2ccsc2n1)NCC(c1ccc(OC)cc1)N1CCCCC1.I. The number of halogens is 1. The van der Waals surface area contributed by atoms with Crippen LogP contribution < -0.4 is 15.4 Å². The van der Waals surface area contributed by atoms with Crippen LogP contribution in [0.5, 0.6) is 5.75 Å². The zero-order chi connectivity index (χ0) is 21.5. The molecule has 0 aliphatic carbocycles. The second-order valence-electron chi connectivity index (χ2n) is 7.79. The molecule has 0 saturated carbocycles. The molecule has 3 heterocycles. The first-order valence-corrected chi connectivity index (χ1v) is 12.0. The van der Waals surface area contributed by atoms with E-state index < -0.39 is 0 Å². The van der Waals surface area contributed by atoms with Gasteiger partial charge in [-0.2, -0.15) is 0 Å². The molecule has 0 bridgehead atoms. The standard InChI is InChI=1S/C23H32N6OS.HI/c1-3-24-22(25-15-19-17-29-13-14-31-23(29)27-19)26-16-21(28-11-5-4-6-12-28)18-7-9-20(30-2)10-8-18;/h7-10,13-14,17,21H,3-6,11-12,15-16H2,1-2H3,(H2,24,25,26);1H. The monoisotopic (exact) mass is 568 g/mol. The fourth-order valence-electron chi connectivity index (χ4n) is 4.06. The highest BCUT2D eigenvalue weighted by Crippen LogP contribution is 2.26. The fourth-order valence-corrected chi connectivity index (χ4v) is 4.78. The molecule has 1 aliphatic heterocycles. The second kappa shape index (κ2) is 12.4. The van der Waals surface area contributed by atoms with Gasteiger partial charge in [0, 0.05) is 30.9 Å². The van der Waals surface area contributed by atoms with Gasteiger partial charge in [0.1, 0.15) is 5.75 Å². The van der Waals surface area contributed by atoms with Gasteiger partial charge in [-0.3, -0.25) is 9.30 Å². The van der Waals surface area contributed by atoms with Crippen LogP contribution in [0.4, 0.5) is 0 Å². The van der Waals surface area contributed by atoms with Gasteiger partial charge in [0.15, 0.2) is 10.9 Å². The molecule has 174 valence electrons. The molecule has 0 spiro atoms. The van der Waals surface area contributed by atoms with E-state index in [0.29, 0.717) is 12.6 Å². The first-order valence-electron chi connectivity index (χ1n) is 11.1. The summed E-state index contributed by atoms with van der Waals surface area (Å²) in [5.41, 5.74) is 2.28. The van der Waals surface area contributed by atoms with Crippen LogP contribution in [0, 0.1) is 0 Å². The van der Waals surface area contributed by atoms with E-state index in [4.69, 9.17) is 9.73 Å². The number of hydrogen-bond acceptors (Lipinski definition) is 5. The lowest BCUT2D eigenvalue weighted by Gasteiger charge is -2.35. The number of thiazole rings is 1. The van der Waals surface area contributed by atoms with Crippen LogP contribution in [-0.2, 0) is 6.54 Å². The van der Waals surface area contributed by atoms with Crippen LogP contribution in [-0.4, -0.2) is 53.5 Å². The van der Waals surface area contributed by atoms with Crippen LogP contribution in [0.1, 0.15) is 43.5 Å². The molecule has 1 aliphatic rings. The largest absolute Gasteiger partial charge is 0.497 e. The molecule has 1 atom stereocenters. The van der Waals surface area contributed by atoms with Gasteiger partial charge < -0.3 is 15.4 Å². The normalized spacial score (nSPS) is 15.9. The summed E-state index contributed by atoms with van der Waals surface area (Å²) in [6.07, 6.45) is 7.93. The molecule has 7 nitrogen and oxygen atoms in total. The van der Waals surface area contributed by atoms with Crippen LogP contribution in [0.2, 0.25) is 0 Å². The van der Waals surface area contributed by atoms with Crippen molar-refractivity contribution in [2.24, 2.45) is 4.99 Å². The predicted molar refractivity (Wildman–Crippen MR) is 142 cm³/mol. The Morgan fingerprint density at radius 2 is 1.97 bits per heavy atom. The summed E-state index contributed by atoms with van der Waals surface area (Å²) < 4.78 is 7.40. The number of likely N-dealkylation sites (tertiary alicyclic amines) is 1. The topological polar surface area (TPSA) is 66.2 Å². The molecule has 0 radical (unpaired) electrons. The number of methoxy groups -OCH3 is 1. The number of aromatic nitrogens is 2. The number of fused-ring (bicyclic) bond motifs is 1. The van der Waals surface area contributed by atoms with Crippen LogP contribution in [0.25, 0.3) is 4.96 Å². The minimum absolute atomic E-state index is 0. The van der Waals surface area contributed by atoms with Gasteiger partial charge in [-0.15, -0.1) is 35.3 Å². The van der Waals surface area contributed by atoms with E-state index in [0.717, 1.165) is 48.5 Å². The second-order valence-corrected chi connectivity index (χ2v) is 8.66. The van der Waals surface area contributed by atoms with E-state index in [1.165, 1.54) is 24.8 Å². The zero-order valence-corrected chi connectivity index (χ0v) is 21.9. The maximum Gasteiger partial charge on any atom is 0.193 e. The maximum atomic E-state index is 5.35. The molecule has 4 rings (SSSR count). The first kappa shape index (κ1) is 24.8. The number of nitrogens with zero attached hydrogens (tertiary/aromatic N) is 4. The Kier molecular flexibility index (Phi) is 9.61. The average molecular weight is 569 g/mol. The van der Waals surface area contributed by atoms with Gasteiger partial charge in [0.25, 0.3) is 0 Å². The maximum absolute atomic E-state index is 5.35. The van der Waals surface area contributed by atoms with Crippen molar-refractivity contribution >= 4 is 46.2 Å². The number of guanidine groups is 1. The van der Waals surface area contributed by atoms with Crippen LogP contribution >= 0.6 is 35.3 Å². The molecule has 3 aromatic rings. The molecule has 2 N–H and O–H groups in total. The van der Waals surface area contributed by atoms with Crippen molar-refractivity contribution in [1.29, 1.82) is 0 Å². The van der Waals surface area contributed by atoms with Crippen molar-refractivity contribution in [2.45, 2.75) is 38.8 Å². The summed E-state index contributed by atoms with van der Waals surface area (Å²) >= 11 is 1.64. The van der Waals surface area contributed by atoms with Gasteiger partial charge in [-0.1, -0.05) is 18.6 Å². The number of ether oxygens (including phenoxy) is 1. The predicted octanol–water partition coefficient (Wildman–Crippen LogP) is 4.30. The molecule has 1 unspecified atom stereocenters. The smallest absolute Gasteiger partial charge is 0.193 e. The molecule has 2 aromatic heterocycles. The van der Waals surface area contributed by atoms with Crippen molar-refractivity contribution < 1.29 is 4.74 Å². The Labute approximate surface area is 211 Å². The van der Waals surface area contributed by atoms with E-state index in [2.05, 4.69) is 51.7 Å². The number of piperidine rings is 1. The highest BCUT2D eigenvalue weighted by molar-refractivity contribution is 14.0. The molecule has 32 heavy (non-hydrogen) atoms. The van der Waals surface area contributed by atoms with E-state index >= 15 is 0 Å². The first-order chi connectivity index (χ1) is 15.3. The molecule has 0 amide bonds. The third kappa shape index (κ3) is 6.35. The lowest BCUT2D eigenvalue weighted by molar-refractivity contribution is 0.164. The van der Waals surface area contributed by atoms with Crippen LogP contribution in [0.15, 0.2) is 47.0 Å².